The second-order valence-corrected chi connectivity index (χ2v) is 5.62. The summed E-state index contributed by atoms with van der Waals surface area (Å²) in [5.41, 5.74) is 4.19. The second-order valence-electron chi connectivity index (χ2n) is 4.09. The Labute approximate surface area is 100 Å². The summed E-state index contributed by atoms with van der Waals surface area (Å²) < 4.78 is 11.9. The van der Waals surface area contributed by atoms with E-state index in [0.717, 1.165) is 29.9 Å². The average molecular weight is 234 g/mol. The lowest BCUT2D eigenvalue weighted by Gasteiger charge is -2.21. The van der Waals surface area contributed by atoms with Crippen LogP contribution in [0.25, 0.3) is 5.57 Å². The maximum atomic E-state index is 11.9. The molecule has 1 aliphatic heterocycles. The molecule has 2 heteroatoms. The van der Waals surface area contributed by atoms with E-state index in [2.05, 4.69) is 19.9 Å². The van der Waals surface area contributed by atoms with E-state index in [-0.39, 0.29) is 0 Å². The standard InChI is InChI=1S/C14H18OS/c1-3-11(4-2)12-9-10-16(15)14-8-6-5-7-13(12)14/h5-8H,3-4,9-10H2,1-2H3. The highest BCUT2D eigenvalue weighted by atomic mass is 32.2. The summed E-state index contributed by atoms with van der Waals surface area (Å²) in [5.74, 6) is 0.788. The number of allylic oxidation sites excluding steroid dienone is 2. The number of rotatable bonds is 2. The quantitative estimate of drug-likeness (QED) is 0.761. The Bertz CT molecular complexity index is 440. The second kappa shape index (κ2) is 4.96. The minimum Gasteiger partial charge on any atom is -0.254 e. The number of hydrogen-bond acceptors (Lipinski definition) is 1. The van der Waals surface area contributed by atoms with E-state index >= 15 is 0 Å². The van der Waals surface area contributed by atoms with Crippen molar-refractivity contribution in [3.63, 3.8) is 0 Å². The van der Waals surface area contributed by atoms with Gasteiger partial charge in [0.05, 0.1) is 10.8 Å². The van der Waals surface area contributed by atoms with Crippen LogP contribution in [0.4, 0.5) is 0 Å². The van der Waals surface area contributed by atoms with E-state index in [9.17, 15) is 4.21 Å². The summed E-state index contributed by atoms with van der Waals surface area (Å²) in [6.07, 6.45) is 3.18. The number of benzene rings is 1. The Kier molecular flexibility index (Phi) is 3.59. The first-order valence-electron chi connectivity index (χ1n) is 5.96. The molecule has 0 amide bonds. The van der Waals surface area contributed by atoms with Crippen LogP contribution in [0, 0.1) is 0 Å². The Balaban J connectivity index is 2.58. The van der Waals surface area contributed by atoms with Crippen LogP contribution >= 0.6 is 0 Å². The maximum absolute atomic E-state index is 11.9. The lowest BCUT2D eigenvalue weighted by atomic mass is 9.94. The molecule has 1 heterocycles. The van der Waals surface area contributed by atoms with Crippen molar-refractivity contribution < 1.29 is 4.21 Å². The fourth-order valence-corrected chi connectivity index (χ4v) is 3.67. The average Bonchev–Trinajstić information content (AvgIpc) is 2.34. The molecule has 1 aliphatic rings. The summed E-state index contributed by atoms with van der Waals surface area (Å²) >= 11 is 0. The summed E-state index contributed by atoms with van der Waals surface area (Å²) in [7, 11) is -0.791. The van der Waals surface area contributed by atoms with Gasteiger partial charge in [-0.3, -0.25) is 4.21 Å². The molecule has 2 rings (SSSR count). The van der Waals surface area contributed by atoms with Crippen LogP contribution in [0.2, 0.25) is 0 Å². The molecule has 0 aliphatic carbocycles. The Morgan fingerprint density at radius 1 is 1.25 bits per heavy atom. The van der Waals surface area contributed by atoms with E-state index in [0.29, 0.717) is 0 Å². The van der Waals surface area contributed by atoms with Crippen molar-refractivity contribution in [3.8, 4) is 0 Å². The highest BCUT2D eigenvalue weighted by molar-refractivity contribution is 7.85. The van der Waals surface area contributed by atoms with Gasteiger partial charge in [0.25, 0.3) is 0 Å². The largest absolute Gasteiger partial charge is 0.254 e. The first-order valence-corrected chi connectivity index (χ1v) is 7.28. The van der Waals surface area contributed by atoms with Crippen LogP contribution in [0.3, 0.4) is 0 Å². The Morgan fingerprint density at radius 2 is 1.94 bits per heavy atom. The zero-order chi connectivity index (χ0) is 11.5. The topological polar surface area (TPSA) is 17.1 Å². The molecular weight excluding hydrogens is 216 g/mol. The number of hydrogen-bond donors (Lipinski definition) is 0. The molecule has 0 fully saturated rings. The molecule has 1 aromatic carbocycles. The predicted molar refractivity (Wildman–Crippen MR) is 69.8 cm³/mol. The van der Waals surface area contributed by atoms with E-state index in [1.807, 2.05) is 18.2 Å². The molecule has 1 atom stereocenters. The van der Waals surface area contributed by atoms with Crippen molar-refractivity contribution >= 4 is 16.4 Å². The van der Waals surface area contributed by atoms with E-state index in [1.165, 1.54) is 16.7 Å². The van der Waals surface area contributed by atoms with Gasteiger partial charge in [0.15, 0.2) is 0 Å². The summed E-state index contributed by atoms with van der Waals surface area (Å²) in [6, 6.07) is 8.15. The summed E-state index contributed by atoms with van der Waals surface area (Å²) in [4.78, 5) is 1.03. The van der Waals surface area contributed by atoms with Gasteiger partial charge in [-0.2, -0.15) is 0 Å². The third-order valence-electron chi connectivity index (χ3n) is 3.28. The van der Waals surface area contributed by atoms with Crippen molar-refractivity contribution in [2.45, 2.75) is 38.0 Å². The van der Waals surface area contributed by atoms with Gasteiger partial charge in [-0.05, 0) is 36.5 Å². The van der Waals surface area contributed by atoms with Gasteiger partial charge in [-0.15, -0.1) is 0 Å². The molecule has 0 N–H and O–H groups in total. The van der Waals surface area contributed by atoms with Crippen molar-refractivity contribution in [1.29, 1.82) is 0 Å². The van der Waals surface area contributed by atoms with Gasteiger partial charge in [-0.1, -0.05) is 37.6 Å². The van der Waals surface area contributed by atoms with Crippen molar-refractivity contribution in [1.82, 2.24) is 0 Å². The van der Waals surface area contributed by atoms with Crippen LogP contribution < -0.4 is 0 Å². The molecule has 86 valence electrons. The monoisotopic (exact) mass is 234 g/mol. The summed E-state index contributed by atoms with van der Waals surface area (Å²) in [6.45, 7) is 4.42. The van der Waals surface area contributed by atoms with Gasteiger partial charge >= 0.3 is 0 Å². The smallest absolute Gasteiger partial charge is 0.0539 e. The van der Waals surface area contributed by atoms with Gasteiger partial charge in [0, 0.05) is 10.6 Å². The van der Waals surface area contributed by atoms with Gasteiger partial charge < -0.3 is 0 Å². The molecule has 0 bridgehead atoms. The van der Waals surface area contributed by atoms with Gasteiger partial charge in [-0.25, -0.2) is 0 Å². The maximum Gasteiger partial charge on any atom is 0.0539 e. The van der Waals surface area contributed by atoms with Gasteiger partial charge in [0.1, 0.15) is 0 Å². The fourth-order valence-electron chi connectivity index (χ4n) is 2.40. The third kappa shape index (κ3) is 1.99. The minimum absolute atomic E-state index is 0.788. The van der Waals surface area contributed by atoms with Crippen LogP contribution in [0.5, 0.6) is 0 Å². The van der Waals surface area contributed by atoms with E-state index in [1.54, 1.807) is 0 Å². The molecule has 1 unspecified atom stereocenters. The third-order valence-corrected chi connectivity index (χ3v) is 4.70. The van der Waals surface area contributed by atoms with Crippen LogP contribution in [-0.4, -0.2) is 9.96 Å². The number of fused-ring (bicyclic) bond motifs is 1. The lowest BCUT2D eigenvalue weighted by Crippen LogP contribution is -2.10. The predicted octanol–water partition coefficient (Wildman–Crippen LogP) is 3.77. The minimum atomic E-state index is -0.791. The zero-order valence-electron chi connectivity index (χ0n) is 9.95. The molecule has 0 aromatic heterocycles. The van der Waals surface area contributed by atoms with Crippen molar-refractivity contribution in [3.05, 3.63) is 35.4 Å². The highest BCUT2D eigenvalue weighted by Gasteiger charge is 2.20. The van der Waals surface area contributed by atoms with Crippen LogP contribution in [-0.2, 0) is 10.8 Å². The van der Waals surface area contributed by atoms with Crippen LogP contribution in [0.1, 0.15) is 38.7 Å². The zero-order valence-corrected chi connectivity index (χ0v) is 10.8. The van der Waals surface area contributed by atoms with Gasteiger partial charge in [0.2, 0.25) is 0 Å². The van der Waals surface area contributed by atoms with E-state index in [4.69, 9.17) is 0 Å². The molecule has 0 radical (unpaired) electrons. The van der Waals surface area contributed by atoms with E-state index < -0.39 is 10.8 Å². The molecule has 0 spiro atoms. The molecule has 0 saturated heterocycles. The normalized spacial score (nSPS) is 19.4. The summed E-state index contributed by atoms with van der Waals surface area (Å²) in [5, 5.41) is 0. The highest BCUT2D eigenvalue weighted by Crippen LogP contribution is 2.34. The Morgan fingerprint density at radius 3 is 2.62 bits per heavy atom. The first kappa shape index (κ1) is 11.6. The lowest BCUT2D eigenvalue weighted by molar-refractivity contribution is 0.681. The van der Waals surface area contributed by atoms with Crippen molar-refractivity contribution in [2.75, 3.05) is 5.75 Å². The molecule has 16 heavy (non-hydrogen) atoms. The fraction of sp³-hybridized carbons (Fsp3) is 0.429. The molecule has 1 aromatic rings. The van der Waals surface area contributed by atoms with Crippen molar-refractivity contribution in [2.24, 2.45) is 0 Å². The molecular formula is C14H18OS. The first-order chi connectivity index (χ1) is 7.77. The molecule has 0 saturated carbocycles. The SMILES string of the molecule is CCC(CC)=C1CCS(=O)c2ccccc21. The van der Waals surface area contributed by atoms with Crippen LogP contribution in [0.15, 0.2) is 34.7 Å². The Hall–Kier alpha value is -0.890. The molecule has 1 nitrogen and oxygen atoms in total.